The van der Waals surface area contributed by atoms with E-state index < -0.39 is 17.7 Å². The molecule has 0 aliphatic carbocycles. The van der Waals surface area contributed by atoms with Gasteiger partial charge in [0.25, 0.3) is 5.91 Å². The van der Waals surface area contributed by atoms with Crippen molar-refractivity contribution in [3.05, 3.63) is 35.1 Å². The second-order valence-electron chi connectivity index (χ2n) is 3.36. The summed E-state index contributed by atoms with van der Waals surface area (Å²) in [5.74, 6) is -1.92. The van der Waals surface area contributed by atoms with E-state index in [1.54, 1.807) is 6.92 Å². The Balaban J connectivity index is 2.59. The highest BCUT2D eigenvalue weighted by atomic mass is 19.1. The number of amides is 1. The highest BCUT2D eigenvalue weighted by molar-refractivity contribution is 5.94. The number of hydrogen-bond acceptors (Lipinski definition) is 2. The number of aliphatic carboxylic acids is 1. The van der Waals surface area contributed by atoms with Gasteiger partial charge >= 0.3 is 5.97 Å². The maximum Gasteiger partial charge on any atom is 0.305 e. The van der Waals surface area contributed by atoms with Crippen LogP contribution in [0, 0.1) is 12.7 Å². The van der Waals surface area contributed by atoms with Crippen LogP contribution >= 0.6 is 0 Å². The number of carbonyl (C=O) groups is 2. The zero-order valence-electron chi connectivity index (χ0n) is 8.79. The molecule has 1 aromatic carbocycles. The van der Waals surface area contributed by atoms with E-state index in [4.69, 9.17) is 5.11 Å². The number of aryl methyl sites for hydroxylation is 1. The molecule has 2 N–H and O–H groups in total. The number of carboxylic acid groups (broad SMARTS) is 1. The number of benzene rings is 1. The van der Waals surface area contributed by atoms with Crippen molar-refractivity contribution in [3.63, 3.8) is 0 Å². The first-order valence-corrected chi connectivity index (χ1v) is 4.77. The minimum absolute atomic E-state index is 0.0314. The van der Waals surface area contributed by atoms with E-state index in [0.29, 0.717) is 5.56 Å². The van der Waals surface area contributed by atoms with Crippen molar-refractivity contribution in [3.8, 4) is 0 Å². The van der Waals surface area contributed by atoms with Crippen LogP contribution in [0.25, 0.3) is 0 Å². The molecular weight excluding hydrogens is 213 g/mol. The van der Waals surface area contributed by atoms with Crippen LogP contribution in [-0.4, -0.2) is 23.5 Å². The summed E-state index contributed by atoms with van der Waals surface area (Å²) in [6.07, 6.45) is -0.153. The molecule has 5 heteroatoms. The molecule has 0 heterocycles. The Hall–Kier alpha value is -1.91. The second-order valence-corrected chi connectivity index (χ2v) is 3.36. The molecule has 0 spiro atoms. The Labute approximate surface area is 92.1 Å². The average molecular weight is 225 g/mol. The van der Waals surface area contributed by atoms with Crippen LogP contribution in [0.3, 0.4) is 0 Å². The molecule has 4 nitrogen and oxygen atoms in total. The van der Waals surface area contributed by atoms with Gasteiger partial charge < -0.3 is 10.4 Å². The minimum Gasteiger partial charge on any atom is -0.481 e. The lowest BCUT2D eigenvalue weighted by molar-refractivity contribution is -0.136. The third kappa shape index (κ3) is 3.34. The molecule has 0 saturated heterocycles. The van der Waals surface area contributed by atoms with Gasteiger partial charge in [0.05, 0.1) is 6.42 Å². The van der Waals surface area contributed by atoms with Crippen LogP contribution in [0.1, 0.15) is 22.3 Å². The fourth-order valence-electron chi connectivity index (χ4n) is 1.12. The first kappa shape index (κ1) is 12.2. The minimum atomic E-state index is -0.990. The largest absolute Gasteiger partial charge is 0.481 e. The summed E-state index contributed by atoms with van der Waals surface area (Å²) in [6, 6.07) is 4.13. The van der Waals surface area contributed by atoms with E-state index in [1.165, 1.54) is 12.1 Å². The highest BCUT2D eigenvalue weighted by Gasteiger charge is 2.08. The zero-order chi connectivity index (χ0) is 12.1. The number of carbonyl (C=O) groups excluding carboxylic acids is 1. The van der Waals surface area contributed by atoms with Crippen molar-refractivity contribution in [1.82, 2.24) is 5.32 Å². The van der Waals surface area contributed by atoms with Crippen molar-refractivity contribution in [1.29, 1.82) is 0 Å². The molecule has 16 heavy (non-hydrogen) atoms. The van der Waals surface area contributed by atoms with E-state index in [2.05, 4.69) is 5.32 Å². The van der Waals surface area contributed by atoms with Gasteiger partial charge in [-0.15, -0.1) is 0 Å². The van der Waals surface area contributed by atoms with Crippen molar-refractivity contribution in [2.75, 3.05) is 6.54 Å². The summed E-state index contributed by atoms with van der Waals surface area (Å²) in [4.78, 5) is 21.6. The Morgan fingerprint density at radius 1 is 1.44 bits per heavy atom. The van der Waals surface area contributed by atoms with E-state index in [-0.39, 0.29) is 18.5 Å². The monoisotopic (exact) mass is 225 g/mol. The molecule has 0 aromatic heterocycles. The molecule has 0 fully saturated rings. The molecule has 0 unspecified atom stereocenters. The van der Waals surface area contributed by atoms with Gasteiger partial charge in [-0.05, 0) is 24.6 Å². The van der Waals surface area contributed by atoms with Gasteiger partial charge in [-0.2, -0.15) is 0 Å². The molecule has 1 rings (SSSR count). The molecule has 0 atom stereocenters. The standard InChI is InChI=1S/C11H12FNO3/c1-7-2-3-8(6-9(7)12)11(16)13-5-4-10(14)15/h2-3,6H,4-5H2,1H3,(H,13,16)(H,14,15). The van der Waals surface area contributed by atoms with Gasteiger partial charge in [-0.1, -0.05) is 6.07 Å². The molecule has 0 aliphatic heterocycles. The number of carboxylic acids is 1. The second kappa shape index (κ2) is 5.25. The van der Waals surface area contributed by atoms with Gasteiger partial charge in [0, 0.05) is 12.1 Å². The number of halogens is 1. The topological polar surface area (TPSA) is 66.4 Å². The lowest BCUT2D eigenvalue weighted by atomic mass is 10.1. The van der Waals surface area contributed by atoms with Crippen LogP contribution in [0.2, 0.25) is 0 Å². The Morgan fingerprint density at radius 3 is 2.69 bits per heavy atom. The van der Waals surface area contributed by atoms with Crippen molar-refractivity contribution in [2.24, 2.45) is 0 Å². The number of hydrogen-bond donors (Lipinski definition) is 2. The van der Waals surface area contributed by atoms with Crippen molar-refractivity contribution < 1.29 is 19.1 Å². The molecule has 0 bridgehead atoms. The molecule has 0 saturated carbocycles. The van der Waals surface area contributed by atoms with Crippen LogP contribution in [-0.2, 0) is 4.79 Å². The van der Waals surface area contributed by atoms with E-state index >= 15 is 0 Å². The summed E-state index contributed by atoms with van der Waals surface area (Å²) in [5, 5.41) is 10.8. The normalized spacial score (nSPS) is 9.88. The van der Waals surface area contributed by atoms with Gasteiger partial charge in [0.15, 0.2) is 0 Å². The third-order valence-corrected chi connectivity index (χ3v) is 2.06. The lowest BCUT2D eigenvalue weighted by Crippen LogP contribution is -2.26. The van der Waals surface area contributed by atoms with Gasteiger partial charge in [0.2, 0.25) is 0 Å². The van der Waals surface area contributed by atoms with Crippen molar-refractivity contribution >= 4 is 11.9 Å². The van der Waals surface area contributed by atoms with E-state index in [0.717, 1.165) is 6.07 Å². The summed E-state index contributed by atoms with van der Waals surface area (Å²) in [7, 11) is 0. The first-order valence-electron chi connectivity index (χ1n) is 4.77. The first-order chi connectivity index (χ1) is 7.50. The Morgan fingerprint density at radius 2 is 2.12 bits per heavy atom. The molecule has 0 aliphatic rings. The maximum atomic E-state index is 13.1. The predicted molar refractivity (Wildman–Crippen MR) is 55.7 cm³/mol. The molecular formula is C11H12FNO3. The van der Waals surface area contributed by atoms with Crippen molar-refractivity contribution in [2.45, 2.75) is 13.3 Å². The SMILES string of the molecule is Cc1ccc(C(=O)NCCC(=O)O)cc1F. The summed E-state index contributed by atoms with van der Waals surface area (Å²) >= 11 is 0. The fourth-order valence-corrected chi connectivity index (χ4v) is 1.12. The molecule has 1 amide bonds. The maximum absolute atomic E-state index is 13.1. The predicted octanol–water partition coefficient (Wildman–Crippen LogP) is 1.34. The quantitative estimate of drug-likeness (QED) is 0.812. The fraction of sp³-hybridized carbons (Fsp3) is 0.273. The number of rotatable bonds is 4. The Bertz CT molecular complexity index is 418. The lowest BCUT2D eigenvalue weighted by Gasteiger charge is -2.04. The molecule has 0 radical (unpaired) electrons. The van der Waals surface area contributed by atoms with Gasteiger partial charge in [-0.3, -0.25) is 9.59 Å². The zero-order valence-corrected chi connectivity index (χ0v) is 8.79. The smallest absolute Gasteiger partial charge is 0.305 e. The number of nitrogens with one attached hydrogen (secondary N) is 1. The molecule has 86 valence electrons. The van der Waals surface area contributed by atoms with Crippen LogP contribution in [0.15, 0.2) is 18.2 Å². The third-order valence-electron chi connectivity index (χ3n) is 2.06. The van der Waals surface area contributed by atoms with Gasteiger partial charge in [0.1, 0.15) is 5.82 Å². The average Bonchev–Trinajstić information content (AvgIpc) is 2.21. The van der Waals surface area contributed by atoms with Gasteiger partial charge in [-0.25, -0.2) is 4.39 Å². The summed E-state index contributed by atoms with van der Waals surface area (Å²) in [5.41, 5.74) is 0.649. The Kier molecular flexibility index (Phi) is 3.99. The highest BCUT2D eigenvalue weighted by Crippen LogP contribution is 2.08. The summed E-state index contributed by atoms with van der Waals surface area (Å²) < 4.78 is 13.1. The van der Waals surface area contributed by atoms with E-state index in [9.17, 15) is 14.0 Å². The van der Waals surface area contributed by atoms with Crippen LogP contribution < -0.4 is 5.32 Å². The van der Waals surface area contributed by atoms with E-state index in [1.807, 2.05) is 0 Å². The molecule has 1 aromatic rings. The van der Waals surface area contributed by atoms with Crippen LogP contribution in [0.5, 0.6) is 0 Å². The summed E-state index contributed by atoms with van der Waals surface area (Å²) in [6.45, 7) is 1.63. The van der Waals surface area contributed by atoms with Crippen LogP contribution in [0.4, 0.5) is 4.39 Å².